The molecule has 0 radical (unpaired) electrons. The van der Waals surface area contributed by atoms with E-state index < -0.39 is 23.2 Å². The van der Waals surface area contributed by atoms with E-state index in [-0.39, 0.29) is 5.91 Å². The van der Waals surface area contributed by atoms with E-state index in [0.717, 1.165) is 5.69 Å². The van der Waals surface area contributed by atoms with Crippen molar-refractivity contribution in [2.45, 2.75) is 20.4 Å². The molecule has 6 heteroatoms. The SMILES string of the molecule is CC1(C)C(C(=O)O)C1C(=O)NCc1cscn1. The molecule has 1 aliphatic rings. The van der Waals surface area contributed by atoms with Crippen molar-refractivity contribution in [2.24, 2.45) is 17.3 Å². The van der Waals surface area contributed by atoms with Gasteiger partial charge in [0.15, 0.2) is 0 Å². The van der Waals surface area contributed by atoms with E-state index >= 15 is 0 Å². The molecule has 2 atom stereocenters. The van der Waals surface area contributed by atoms with E-state index in [4.69, 9.17) is 5.11 Å². The summed E-state index contributed by atoms with van der Waals surface area (Å²) in [5.41, 5.74) is 2.05. The first kappa shape index (κ1) is 12.0. The number of nitrogens with zero attached hydrogens (tertiary/aromatic N) is 1. The van der Waals surface area contributed by atoms with Crippen LogP contribution >= 0.6 is 11.3 Å². The molecule has 2 N–H and O–H groups in total. The first-order valence-electron chi connectivity index (χ1n) is 5.32. The van der Waals surface area contributed by atoms with E-state index in [1.54, 1.807) is 19.4 Å². The lowest BCUT2D eigenvalue weighted by Crippen LogP contribution is -2.26. The van der Waals surface area contributed by atoms with Gasteiger partial charge in [0.25, 0.3) is 0 Å². The van der Waals surface area contributed by atoms with Crippen molar-refractivity contribution in [3.05, 3.63) is 16.6 Å². The fourth-order valence-electron chi connectivity index (χ4n) is 2.20. The van der Waals surface area contributed by atoms with Gasteiger partial charge in [-0.1, -0.05) is 13.8 Å². The van der Waals surface area contributed by atoms with Crippen LogP contribution < -0.4 is 5.32 Å². The van der Waals surface area contributed by atoms with Crippen molar-refractivity contribution in [3.63, 3.8) is 0 Å². The smallest absolute Gasteiger partial charge is 0.307 e. The molecule has 0 bridgehead atoms. The van der Waals surface area contributed by atoms with E-state index in [2.05, 4.69) is 10.3 Å². The van der Waals surface area contributed by atoms with Crippen molar-refractivity contribution in [1.82, 2.24) is 10.3 Å². The predicted octanol–water partition coefficient (Wildman–Crippen LogP) is 1.12. The number of thiazole rings is 1. The van der Waals surface area contributed by atoms with Crippen LogP contribution in [0.5, 0.6) is 0 Å². The summed E-state index contributed by atoms with van der Waals surface area (Å²) < 4.78 is 0. The fourth-order valence-corrected chi connectivity index (χ4v) is 2.76. The molecule has 2 rings (SSSR count). The lowest BCUT2D eigenvalue weighted by Gasteiger charge is -2.03. The summed E-state index contributed by atoms with van der Waals surface area (Å²) in [6.45, 7) is 3.97. The van der Waals surface area contributed by atoms with Gasteiger partial charge in [-0.25, -0.2) is 4.98 Å². The average Bonchev–Trinajstić information content (AvgIpc) is 2.65. The van der Waals surface area contributed by atoms with E-state index in [1.807, 2.05) is 5.38 Å². The second-order valence-electron chi connectivity index (χ2n) is 4.81. The second-order valence-corrected chi connectivity index (χ2v) is 5.53. The van der Waals surface area contributed by atoms with Crippen molar-refractivity contribution >= 4 is 23.2 Å². The fraction of sp³-hybridized carbons (Fsp3) is 0.545. The van der Waals surface area contributed by atoms with Crippen LogP contribution in [0.2, 0.25) is 0 Å². The Morgan fingerprint density at radius 2 is 2.24 bits per heavy atom. The topological polar surface area (TPSA) is 79.3 Å². The number of aliphatic carboxylic acids is 1. The molecule has 0 saturated heterocycles. The number of hydrogen-bond donors (Lipinski definition) is 2. The molecule has 17 heavy (non-hydrogen) atoms. The van der Waals surface area contributed by atoms with Crippen LogP contribution in [0.15, 0.2) is 10.9 Å². The zero-order valence-corrected chi connectivity index (χ0v) is 10.5. The van der Waals surface area contributed by atoms with Crippen LogP contribution in [0.25, 0.3) is 0 Å². The molecule has 1 amide bonds. The summed E-state index contributed by atoms with van der Waals surface area (Å²) in [6, 6.07) is 0. The summed E-state index contributed by atoms with van der Waals surface area (Å²) >= 11 is 1.46. The molecular weight excluding hydrogens is 240 g/mol. The molecule has 0 aromatic carbocycles. The highest BCUT2D eigenvalue weighted by Gasteiger charge is 2.65. The van der Waals surface area contributed by atoms with Crippen LogP contribution in [0.3, 0.4) is 0 Å². The summed E-state index contributed by atoms with van der Waals surface area (Å²) in [7, 11) is 0. The summed E-state index contributed by atoms with van der Waals surface area (Å²) in [6.07, 6.45) is 0. The van der Waals surface area contributed by atoms with Crippen molar-refractivity contribution in [3.8, 4) is 0 Å². The number of carboxylic acid groups (broad SMARTS) is 1. The van der Waals surface area contributed by atoms with E-state index in [0.29, 0.717) is 6.54 Å². The van der Waals surface area contributed by atoms with E-state index in [9.17, 15) is 9.59 Å². The maximum absolute atomic E-state index is 11.8. The molecule has 1 aromatic rings. The molecule has 1 heterocycles. The van der Waals surface area contributed by atoms with Gasteiger partial charge in [0.1, 0.15) is 0 Å². The van der Waals surface area contributed by atoms with Crippen LogP contribution in [0.4, 0.5) is 0 Å². The van der Waals surface area contributed by atoms with Gasteiger partial charge < -0.3 is 10.4 Å². The Kier molecular flexibility index (Phi) is 2.91. The molecule has 1 aliphatic carbocycles. The Hall–Kier alpha value is -1.43. The van der Waals surface area contributed by atoms with Gasteiger partial charge in [0.2, 0.25) is 5.91 Å². The normalized spacial score (nSPS) is 25.3. The molecule has 1 saturated carbocycles. The maximum Gasteiger partial charge on any atom is 0.307 e. The number of hydrogen-bond acceptors (Lipinski definition) is 4. The zero-order valence-electron chi connectivity index (χ0n) is 9.64. The Morgan fingerprint density at radius 3 is 2.71 bits per heavy atom. The van der Waals surface area contributed by atoms with Crippen molar-refractivity contribution < 1.29 is 14.7 Å². The molecule has 0 spiro atoms. The van der Waals surface area contributed by atoms with Crippen LogP contribution in [-0.2, 0) is 16.1 Å². The summed E-state index contributed by atoms with van der Waals surface area (Å²) in [5, 5.41) is 13.6. The number of carbonyl (C=O) groups is 2. The highest BCUT2D eigenvalue weighted by Crippen LogP contribution is 2.58. The lowest BCUT2D eigenvalue weighted by molar-refractivity contribution is -0.140. The van der Waals surface area contributed by atoms with Gasteiger partial charge in [0, 0.05) is 5.38 Å². The monoisotopic (exact) mass is 254 g/mol. The number of nitrogens with one attached hydrogen (secondary N) is 1. The number of rotatable bonds is 4. The minimum Gasteiger partial charge on any atom is -0.481 e. The summed E-state index contributed by atoms with van der Waals surface area (Å²) in [4.78, 5) is 26.8. The highest BCUT2D eigenvalue weighted by atomic mass is 32.1. The minimum absolute atomic E-state index is 0.199. The first-order valence-corrected chi connectivity index (χ1v) is 6.26. The van der Waals surface area contributed by atoms with Crippen molar-refractivity contribution in [1.29, 1.82) is 0 Å². The summed E-state index contributed by atoms with van der Waals surface area (Å²) in [5.74, 6) is -2.10. The molecule has 2 unspecified atom stereocenters. The standard InChI is InChI=1S/C11H14N2O3S/c1-11(2)7(8(11)10(15)16)9(14)12-3-6-4-17-5-13-6/h4-5,7-8H,3H2,1-2H3,(H,12,14)(H,15,16). The first-order chi connectivity index (χ1) is 7.94. The van der Waals surface area contributed by atoms with Crippen LogP contribution in [0, 0.1) is 17.3 Å². The Balaban J connectivity index is 1.92. The predicted molar refractivity (Wildman–Crippen MR) is 62.4 cm³/mol. The van der Waals surface area contributed by atoms with Crippen LogP contribution in [0.1, 0.15) is 19.5 Å². The zero-order chi connectivity index (χ0) is 12.6. The Labute approximate surface area is 103 Å². The lowest BCUT2D eigenvalue weighted by atomic mass is 10.1. The van der Waals surface area contributed by atoms with Crippen LogP contribution in [-0.4, -0.2) is 22.0 Å². The number of carboxylic acids is 1. The number of carbonyl (C=O) groups excluding carboxylic acids is 1. The Bertz CT molecular complexity index is 442. The molecular formula is C11H14N2O3S. The molecule has 5 nitrogen and oxygen atoms in total. The molecule has 92 valence electrons. The quantitative estimate of drug-likeness (QED) is 0.843. The minimum atomic E-state index is -0.899. The number of aromatic nitrogens is 1. The third kappa shape index (κ3) is 2.17. The van der Waals surface area contributed by atoms with Gasteiger partial charge in [-0.3, -0.25) is 9.59 Å². The third-order valence-corrected chi connectivity index (χ3v) is 3.94. The van der Waals surface area contributed by atoms with E-state index in [1.165, 1.54) is 11.3 Å². The third-order valence-electron chi connectivity index (χ3n) is 3.30. The van der Waals surface area contributed by atoms with Gasteiger partial charge in [0.05, 0.1) is 29.6 Å². The van der Waals surface area contributed by atoms with Gasteiger partial charge in [-0.2, -0.15) is 0 Å². The molecule has 1 fully saturated rings. The van der Waals surface area contributed by atoms with Gasteiger partial charge >= 0.3 is 5.97 Å². The van der Waals surface area contributed by atoms with Crippen molar-refractivity contribution in [2.75, 3.05) is 0 Å². The highest BCUT2D eigenvalue weighted by molar-refractivity contribution is 7.07. The Morgan fingerprint density at radius 1 is 1.53 bits per heavy atom. The average molecular weight is 254 g/mol. The molecule has 0 aliphatic heterocycles. The maximum atomic E-state index is 11.8. The number of amides is 1. The van der Waals surface area contributed by atoms with Gasteiger partial charge in [-0.05, 0) is 5.41 Å². The van der Waals surface area contributed by atoms with Gasteiger partial charge in [-0.15, -0.1) is 11.3 Å². The second kappa shape index (κ2) is 4.10. The molecule has 1 aromatic heterocycles. The largest absolute Gasteiger partial charge is 0.481 e.